The third-order valence-corrected chi connectivity index (χ3v) is 4.98. The van der Waals surface area contributed by atoms with Crippen molar-refractivity contribution < 1.29 is 28.5 Å². The summed E-state index contributed by atoms with van der Waals surface area (Å²) < 4.78 is 21.3. The van der Waals surface area contributed by atoms with Gasteiger partial charge in [0, 0.05) is 17.9 Å². The lowest BCUT2D eigenvalue weighted by Gasteiger charge is -2.26. The van der Waals surface area contributed by atoms with Gasteiger partial charge in [-0.1, -0.05) is 51.6 Å². The lowest BCUT2D eigenvalue weighted by atomic mass is 9.78. The minimum Gasteiger partial charge on any atom is -0.490 e. The highest BCUT2D eigenvalue weighted by molar-refractivity contribution is 5.81. The first kappa shape index (κ1) is 25.0. The molecule has 0 aromatic heterocycles. The van der Waals surface area contributed by atoms with E-state index in [2.05, 4.69) is 20.4 Å². The average Bonchev–Trinajstić information content (AvgIpc) is 2.80. The molecule has 172 valence electrons. The van der Waals surface area contributed by atoms with Crippen LogP contribution >= 0.6 is 0 Å². The van der Waals surface area contributed by atoms with Crippen molar-refractivity contribution in [2.45, 2.75) is 39.0 Å². The number of hydrogen-bond acceptors (Lipinski definition) is 6. The van der Waals surface area contributed by atoms with Crippen molar-refractivity contribution >= 4 is 11.9 Å². The van der Waals surface area contributed by atoms with Crippen LogP contribution in [-0.2, 0) is 24.5 Å². The smallest absolute Gasteiger partial charge is 0.330 e. The van der Waals surface area contributed by atoms with Crippen molar-refractivity contribution in [3.63, 3.8) is 0 Å². The summed E-state index contributed by atoms with van der Waals surface area (Å²) >= 11 is 0. The van der Waals surface area contributed by atoms with Crippen LogP contribution in [0.25, 0.3) is 0 Å². The van der Waals surface area contributed by atoms with Crippen molar-refractivity contribution in [2.75, 3.05) is 26.4 Å². The van der Waals surface area contributed by atoms with E-state index < -0.39 is 5.97 Å². The predicted octanol–water partition coefficient (Wildman–Crippen LogP) is 4.84. The topological polar surface area (TPSA) is 71.1 Å². The van der Waals surface area contributed by atoms with Gasteiger partial charge in [-0.15, -0.1) is 0 Å². The van der Waals surface area contributed by atoms with Crippen LogP contribution in [0.3, 0.4) is 0 Å². The van der Waals surface area contributed by atoms with E-state index in [1.807, 2.05) is 55.5 Å². The maximum absolute atomic E-state index is 11.4. The average molecular weight is 441 g/mol. The van der Waals surface area contributed by atoms with Crippen molar-refractivity contribution in [1.82, 2.24) is 0 Å². The summed E-state index contributed by atoms with van der Waals surface area (Å²) in [7, 11) is 0. The van der Waals surface area contributed by atoms with E-state index in [1.54, 1.807) is 0 Å². The number of ether oxygens (including phenoxy) is 4. The molecule has 0 spiro atoms. The molecule has 2 aromatic rings. The fourth-order valence-electron chi connectivity index (χ4n) is 3.05. The van der Waals surface area contributed by atoms with Crippen LogP contribution < -0.4 is 9.47 Å². The van der Waals surface area contributed by atoms with Gasteiger partial charge >= 0.3 is 11.9 Å². The van der Waals surface area contributed by atoms with E-state index in [4.69, 9.17) is 18.9 Å². The van der Waals surface area contributed by atoms with E-state index in [9.17, 15) is 9.59 Å². The molecular formula is C26H32O6. The third-order valence-electron chi connectivity index (χ3n) is 4.98. The highest BCUT2D eigenvalue weighted by Crippen LogP contribution is 2.33. The van der Waals surface area contributed by atoms with Crippen LogP contribution in [0.1, 0.15) is 44.7 Å². The molecule has 0 unspecified atom stereocenters. The first-order valence-electron chi connectivity index (χ1n) is 10.8. The molecule has 32 heavy (non-hydrogen) atoms. The van der Waals surface area contributed by atoms with Gasteiger partial charge in [0.15, 0.2) is 0 Å². The summed E-state index contributed by atoms with van der Waals surface area (Å²) in [4.78, 5) is 22.4. The molecule has 0 aliphatic rings. The van der Waals surface area contributed by atoms with Crippen molar-refractivity contribution in [1.29, 1.82) is 0 Å². The Labute approximate surface area is 190 Å². The van der Waals surface area contributed by atoms with Crippen LogP contribution in [0.5, 0.6) is 11.5 Å². The standard InChI is InChI=1S/C26H32O6/c1-5-7-25(28)32-19-17-30-23-14-10-21(11-15-23)26(3,4)20-8-12-22(13-9-20)29-16-18-31-24(27)6-2/h6,8-15H,2,5,7,16-19H2,1,3-4H3. The quantitative estimate of drug-likeness (QED) is 0.252. The fraction of sp³-hybridized carbons (Fsp3) is 0.385. The van der Waals surface area contributed by atoms with Gasteiger partial charge < -0.3 is 18.9 Å². The Morgan fingerprint density at radius 2 is 1.28 bits per heavy atom. The van der Waals surface area contributed by atoms with Crippen LogP contribution in [0, 0.1) is 0 Å². The van der Waals surface area contributed by atoms with Crippen LogP contribution in [0.4, 0.5) is 0 Å². The Bertz CT molecular complexity index is 868. The molecule has 0 saturated heterocycles. The van der Waals surface area contributed by atoms with E-state index in [0.29, 0.717) is 18.8 Å². The molecule has 2 aromatic carbocycles. The van der Waals surface area contributed by atoms with Gasteiger partial charge in [-0.05, 0) is 41.8 Å². The van der Waals surface area contributed by atoms with E-state index in [1.165, 1.54) is 0 Å². The van der Waals surface area contributed by atoms with Gasteiger partial charge in [0.05, 0.1) is 0 Å². The van der Waals surface area contributed by atoms with Crippen molar-refractivity contribution in [2.24, 2.45) is 0 Å². The zero-order chi connectivity index (χ0) is 23.4. The maximum Gasteiger partial charge on any atom is 0.330 e. The Hall–Kier alpha value is -3.28. The molecule has 2 rings (SSSR count). The lowest BCUT2D eigenvalue weighted by Crippen LogP contribution is -2.19. The minimum absolute atomic E-state index is 0.174. The summed E-state index contributed by atoms with van der Waals surface area (Å²) in [5.74, 6) is 0.790. The molecule has 0 amide bonds. The molecule has 6 heteroatoms. The summed E-state index contributed by atoms with van der Waals surface area (Å²) in [5, 5.41) is 0. The molecule has 0 N–H and O–H groups in total. The summed E-state index contributed by atoms with van der Waals surface area (Å²) in [5.41, 5.74) is 2.07. The molecule has 0 aliphatic carbocycles. The van der Waals surface area contributed by atoms with Crippen LogP contribution in [-0.4, -0.2) is 38.4 Å². The lowest BCUT2D eigenvalue weighted by molar-refractivity contribution is -0.144. The zero-order valence-electron chi connectivity index (χ0n) is 19.1. The van der Waals surface area contributed by atoms with Crippen LogP contribution in [0.15, 0.2) is 61.2 Å². The van der Waals surface area contributed by atoms with E-state index in [0.717, 1.165) is 29.4 Å². The number of rotatable bonds is 13. The zero-order valence-corrected chi connectivity index (χ0v) is 19.1. The number of carbonyl (C=O) groups is 2. The van der Waals surface area contributed by atoms with Crippen molar-refractivity contribution in [3.05, 3.63) is 72.3 Å². The van der Waals surface area contributed by atoms with Gasteiger partial charge in [0.1, 0.15) is 37.9 Å². The number of benzene rings is 2. The molecule has 0 radical (unpaired) electrons. The summed E-state index contributed by atoms with van der Waals surface area (Å²) in [6, 6.07) is 15.8. The monoisotopic (exact) mass is 440 g/mol. The first-order valence-corrected chi connectivity index (χ1v) is 10.8. The van der Waals surface area contributed by atoms with Gasteiger partial charge in [0.25, 0.3) is 0 Å². The third kappa shape index (κ3) is 7.76. The molecular weight excluding hydrogens is 408 g/mol. The SMILES string of the molecule is C=CC(=O)OCCOc1ccc(C(C)(C)c2ccc(OCCOC(=O)CCC)cc2)cc1. The largest absolute Gasteiger partial charge is 0.490 e. The summed E-state index contributed by atoms with van der Waals surface area (Å²) in [6.45, 7) is 10.6. The number of hydrogen-bond donors (Lipinski definition) is 0. The first-order chi connectivity index (χ1) is 15.4. The van der Waals surface area contributed by atoms with Gasteiger partial charge in [-0.2, -0.15) is 0 Å². The maximum atomic E-state index is 11.4. The molecule has 6 nitrogen and oxygen atoms in total. The molecule has 0 saturated carbocycles. The Kier molecular flexibility index (Phi) is 9.79. The van der Waals surface area contributed by atoms with E-state index in [-0.39, 0.29) is 31.2 Å². The van der Waals surface area contributed by atoms with Crippen molar-refractivity contribution in [3.8, 4) is 11.5 Å². The molecule has 0 bridgehead atoms. The molecule has 0 heterocycles. The molecule has 0 fully saturated rings. The fourth-order valence-corrected chi connectivity index (χ4v) is 3.05. The Morgan fingerprint density at radius 1 is 0.812 bits per heavy atom. The van der Waals surface area contributed by atoms with Gasteiger partial charge in [-0.25, -0.2) is 4.79 Å². The molecule has 0 aliphatic heterocycles. The minimum atomic E-state index is -0.461. The highest BCUT2D eigenvalue weighted by Gasteiger charge is 2.23. The second-order valence-corrected chi connectivity index (χ2v) is 7.71. The van der Waals surface area contributed by atoms with E-state index >= 15 is 0 Å². The Balaban J connectivity index is 1.87. The normalized spacial score (nSPS) is 10.8. The van der Waals surface area contributed by atoms with Crippen LogP contribution in [0.2, 0.25) is 0 Å². The van der Waals surface area contributed by atoms with Gasteiger partial charge in [-0.3, -0.25) is 4.79 Å². The summed E-state index contributed by atoms with van der Waals surface area (Å²) in [6.07, 6.45) is 2.34. The second kappa shape index (κ2) is 12.5. The number of carbonyl (C=O) groups excluding carboxylic acids is 2. The molecule has 0 atom stereocenters. The highest BCUT2D eigenvalue weighted by atomic mass is 16.6. The number of esters is 2. The second-order valence-electron chi connectivity index (χ2n) is 7.71. The predicted molar refractivity (Wildman–Crippen MR) is 123 cm³/mol. The Morgan fingerprint density at radius 3 is 1.72 bits per heavy atom. The van der Waals surface area contributed by atoms with Gasteiger partial charge in [0.2, 0.25) is 0 Å².